The van der Waals surface area contributed by atoms with Crippen molar-refractivity contribution in [3.05, 3.63) is 34.2 Å². The summed E-state index contributed by atoms with van der Waals surface area (Å²) < 4.78 is 0. The van der Waals surface area contributed by atoms with Crippen molar-refractivity contribution < 1.29 is 9.90 Å². The van der Waals surface area contributed by atoms with Crippen molar-refractivity contribution >= 4 is 18.9 Å². The van der Waals surface area contributed by atoms with Crippen molar-refractivity contribution in [1.82, 2.24) is 4.98 Å². The van der Waals surface area contributed by atoms with Crippen LogP contribution in [-0.4, -0.2) is 16.4 Å². The maximum Gasteiger partial charge on any atom is 0.124 e. The molecule has 0 bridgehead atoms. The van der Waals surface area contributed by atoms with Gasteiger partial charge in [0, 0.05) is 23.2 Å². The molecule has 0 saturated carbocycles. The molecule has 74 valence electrons. The number of allylic oxidation sites excluding steroid dienone is 2. The van der Waals surface area contributed by atoms with Gasteiger partial charge in [-0.25, -0.2) is 0 Å². The Bertz CT molecular complexity index is 454. The molecule has 0 unspecified atom stereocenters. The lowest BCUT2D eigenvalue weighted by atomic mass is 10.2. The largest absolute Gasteiger partial charge is 0.508 e. The number of aliphatic hydroxyl groups excluding tert-OH is 1. The zero-order valence-electron chi connectivity index (χ0n) is 8.08. The molecule has 0 amide bonds. The second-order valence-corrected chi connectivity index (χ2v) is 2.93. The van der Waals surface area contributed by atoms with Gasteiger partial charge in [-0.05, 0) is 24.6 Å². The first-order valence-electron chi connectivity index (χ1n) is 4.35. The van der Waals surface area contributed by atoms with Crippen LogP contribution in [0.3, 0.4) is 0 Å². The Morgan fingerprint density at radius 2 is 2.43 bits per heavy atom. The van der Waals surface area contributed by atoms with Gasteiger partial charge in [0.25, 0.3) is 0 Å². The maximum absolute atomic E-state index is 10.4. The van der Waals surface area contributed by atoms with Gasteiger partial charge in [0.05, 0.1) is 0 Å². The summed E-state index contributed by atoms with van der Waals surface area (Å²) in [5.74, 6) is 0.168. The average molecular weight is 191 g/mol. The van der Waals surface area contributed by atoms with Crippen molar-refractivity contribution in [2.75, 3.05) is 0 Å². The summed E-state index contributed by atoms with van der Waals surface area (Å²) in [7, 11) is 0. The van der Waals surface area contributed by atoms with Crippen LogP contribution in [0.5, 0.6) is 0 Å². The van der Waals surface area contributed by atoms with Gasteiger partial charge in [0.15, 0.2) is 0 Å². The maximum atomic E-state index is 10.4. The molecule has 0 aromatic carbocycles. The average Bonchev–Trinajstić information content (AvgIpc) is 2.50. The van der Waals surface area contributed by atoms with Crippen LogP contribution in [0.1, 0.15) is 12.5 Å². The van der Waals surface area contributed by atoms with Gasteiger partial charge in [-0.1, -0.05) is 6.58 Å². The molecule has 14 heavy (non-hydrogen) atoms. The number of hydrogen-bond donors (Lipinski definition) is 2. The monoisotopic (exact) mass is 191 g/mol. The molecule has 1 rings (SSSR count). The van der Waals surface area contributed by atoms with E-state index < -0.39 is 0 Å². The van der Waals surface area contributed by atoms with Crippen LogP contribution >= 0.6 is 0 Å². The molecule has 1 heterocycles. The second-order valence-electron chi connectivity index (χ2n) is 2.93. The third-order valence-electron chi connectivity index (χ3n) is 1.98. The molecule has 0 saturated heterocycles. The number of aromatic amines is 1. The van der Waals surface area contributed by atoms with Crippen LogP contribution in [-0.2, 0) is 11.2 Å². The van der Waals surface area contributed by atoms with Crippen LogP contribution in [0.2, 0.25) is 0 Å². The fourth-order valence-electron chi connectivity index (χ4n) is 1.19. The van der Waals surface area contributed by atoms with Crippen LogP contribution in [0.15, 0.2) is 18.0 Å². The minimum atomic E-state index is 0.168. The number of rotatable bonds is 3. The molecule has 3 heteroatoms. The summed E-state index contributed by atoms with van der Waals surface area (Å²) in [5, 5.41) is 10.8. The number of aliphatic hydroxyl groups is 1. The van der Waals surface area contributed by atoms with E-state index in [2.05, 4.69) is 11.6 Å². The van der Waals surface area contributed by atoms with Gasteiger partial charge in [0.1, 0.15) is 12.0 Å². The quantitative estimate of drug-likeness (QED) is 0.537. The molecule has 3 nitrogen and oxygen atoms in total. The van der Waals surface area contributed by atoms with Gasteiger partial charge in [-0.2, -0.15) is 0 Å². The molecule has 2 N–H and O–H groups in total. The van der Waals surface area contributed by atoms with E-state index in [0.717, 1.165) is 17.1 Å². The van der Waals surface area contributed by atoms with Crippen molar-refractivity contribution in [3.8, 4) is 0 Å². The molecule has 0 aliphatic carbocycles. The normalized spacial score (nSPS) is 13.2. The Kier molecular flexibility index (Phi) is 3.29. The lowest BCUT2D eigenvalue weighted by Gasteiger charge is -1.89. The zero-order valence-corrected chi connectivity index (χ0v) is 8.08. The highest BCUT2D eigenvalue weighted by Crippen LogP contribution is 1.91. The first-order valence-corrected chi connectivity index (χ1v) is 4.35. The van der Waals surface area contributed by atoms with Crippen molar-refractivity contribution in [2.45, 2.75) is 13.3 Å². The molecule has 0 atom stereocenters. The number of nitrogens with one attached hydrogen (secondary N) is 1. The Balaban J connectivity index is 3.30. The summed E-state index contributed by atoms with van der Waals surface area (Å²) in [6.07, 6.45) is 6.06. The molecular weight excluding hydrogens is 178 g/mol. The van der Waals surface area contributed by atoms with E-state index in [1.807, 2.05) is 0 Å². The van der Waals surface area contributed by atoms with Crippen LogP contribution < -0.4 is 10.6 Å². The Morgan fingerprint density at radius 1 is 1.71 bits per heavy atom. The van der Waals surface area contributed by atoms with Crippen LogP contribution in [0.25, 0.3) is 12.7 Å². The first kappa shape index (κ1) is 10.3. The summed E-state index contributed by atoms with van der Waals surface area (Å²) >= 11 is 0. The minimum absolute atomic E-state index is 0.168. The first-order chi connectivity index (χ1) is 6.69. The number of aldehydes is 1. The molecule has 0 aliphatic heterocycles. The summed E-state index contributed by atoms with van der Waals surface area (Å²) in [4.78, 5) is 13.3. The summed E-state index contributed by atoms with van der Waals surface area (Å²) in [5.41, 5.74) is 0.846. The lowest BCUT2D eigenvalue weighted by Crippen LogP contribution is -2.23. The number of hydrogen-bond acceptors (Lipinski definition) is 2. The van der Waals surface area contributed by atoms with Gasteiger partial charge in [-0.3, -0.25) is 0 Å². The zero-order chi connectivity index (χ0) is 10.6. The van der Waals surface area contributed by atoms with E-state index in [1.165, 1.54) is 0 Å². The predicted molar refractivity (Wildman–Crippen MR) is 56.2 cm³/mol. The van der Waals surface area contributed by atoms with Gasteiger partial charge >= 0.3 is 0 Å². The fourth-order valence-corrected chi connectivity index (χ4v) is 1.19. The van der Waals surface area contributed by atoms with Gasteiger partial charge < -0.3 is 14.9 Å². The highest BCUT2D eigenvalue weighted by molar-refractivity contribution is 5.56. The third-order valence-corrected chi connectivity index (χ3v) is 1.98. The van der Waals surface area contributed by atoms with E-state index in [9.17, 15) is 9.90 Å². The van der Waals surface area contributed by atoms with E-state index in [-0.39, 0.29) is 5.76 Å². The number of carbonyl (C=O) groups is 1. The minimum Gasteiger partial charge on any atom is -0.508 e. The number of H-pyrrole nitrogens is 1. The van der Waals surface area contributed by atoms with E-state index >= 15 is 0 Å². The smallest absolute Gasteiger partial charge is 0.124 e. The predicted octanol–water partition coefficient (Wildman–Crippen LogP) is 0.409. The summed E-state index contributed by atoms with van der Waals surface area (Å²) in [6, 6.07) is 0. The SMILES string of the molecule is C=c1[nH]cc(CC=O)/c1=C/C(O)=C\C. The molecule has 1 aromatic rings. The van der Waals surface area contributed by atoms with E-state index in [0.29, 0.717) is 11.8 Å². The number of carbonyl (C=O) groups excluding carboxylic acids is 1. The summed E-state index contributed by atoms with van der Waals surface area (Å²) in [6.45, 7) is 5.51. The molecule has 0 radical (unpaired) electrons. The third kappa shape index (κ3) is 2.13. The second kappa shape index (κ2) is 4.46. The standard InChI is InChI=1S/C11H13NO2/c1-3-10(14)6-11-8(2)12-7-9(11)4-5-13/h3,5-7,12,14H,2,4H2,1H3/b10-3+,11-6+. The Labute approximate surface area is 82.1 Å². The highest BCUT2D eigenvalue weighted by atomic mass is 16.3. The lowest BCUT2D eigenvalue weighted by molar-refractivity contribution is -0.107. The van der Waals surface area contributed by atoms with Crippen LogP contribution in [0, 0.1) is 0 Å². The Morgan fingerprint density at radius 3 is 3.00 bits per heavy atom. The Hall–Kier alpha value is -1.77. The van der Waals surface area contributed by atoms with Crippen LogP contribution in [0.4, 0.5) is 0 Å². The molecule has 1 aromatic heterocycles. The fraction of sp³-hybridized carbons (Fsp3) is 0.182. The van der Waals surface area contributed by atoms with E-state index in [4.69, 9.17) is 0 Å². The topological polar surface area (TPSA) is 53.1 Å². The molecule has 0 aliphatic rings. The van der Waals surface area contributed by atoms with Crippen molar-refractivity contribution in [2.24, 2.45) is 0 Å². The molecule has 0 fully saturated rings. The molecular formula is C11H13NO2. The van der Waals surface area contributed by atoms with Gasteiger partial charge in [-0.15, -0.1) is 0 Å². The number of aromatic nitrogens is 1. The van der Waals surface area contributed by atoms with E-state index in [1.54, 1.807) is 25.3 Å². The van der Waals surface area contributed by atoms with Crippen molar-refractivity contribution in [3.63, 3.8) is 0 Å². The van der Waals surface area contributed by atoms with Gasteiger partial charge in [0.2, 0.25) is 0 Å². The highest BCUT2D eigenvalue weighted by Gasteiger charge is 1.97. The van der Waals surface area contributed by atoms with Crippen molar-refractivity contribution in [1.29, 1.82) is 0 Å². The molecule has 0 spiro atoms.